The number of imidazole rings is 1. The first kappa shape index (κ1) is 97.6. The highest BCUT2D eigenvalue weighted by atomic mass is 19.3. The van der Waals surface area contributed by atoms with Gasteiger partial charge in [0.2, 0.25) is 0 Å². The Morgan fingerprint density at radius 3 is 1.17 bits per heavy atom. The lowest BCUT2D eigenvalue weighted by Gasteiger charge is -2.30. The van der Waals surface area contributed by atoms with Gasteiger partial charge in [0.05, 0.1) is 224 Å². The van der Waals surface area contributed by atoms with E-state index in [9.17, 15) is 13.9 Å². The number of β-amino-alcohol motifs (C(OH)–C–C–N with tert-alkyl or cyclic N) is 1. The predicted molar refractivity (Wildman–Crippen MR) is 533 cm³/mol. The van der Waals surface area contributed by atoms with E-state index in [2.05, 4.69) is 97.8 Å². The zero-order valence-corrected chi connectivity index (χ0v) is 79.8. The predicted octanol–water partition coefficient (Wildman–Crippen LogP) is 16.3. The van der Waals surface area contributed by atoms with Gasteiger partial charge >= 0.3 is 0 Å². The molecule has 1 aliphatic heterocycles. The van der Waals surface area contributed by atoms with E-state index in [0.717, 1.165) is 162 Å². The Morgan fingerprint density at radius 2 is 0.799 bits per heavy atom. The largest absolute Gasteiger partial charge is 0.497 e. The maximum atomic E-state index is 13.7. The van der Waals surface area contributed by atoms with E-state index in [4.69, 9.17) is 68.0 Å². The number of fused-ring (bicyclic) bond motifs is 4. The van der Waals surface area contributed by atoms with E-state index in [1.807, 2.05) is 190 Å². The number of ether oxygens (including phenoxy) is 8. The second kappa shape index (κ2) is 45.6. The summed E-state index contributed by atoms with van der Waals surface area (Å²) < 4.78 is 80.3. The number of rotatable bonds is 34. The SMILES string of the molecule is CCCCN(c1cc(OC)cc(OC)c1)c1ccc2ncc(-c3cnn(CCO)c3)nc2c1.CCCN(c1cc(OC)cc(OCCO)c1)c1ccc2ncc(-c3cnn(C)c3)nc2c1.COc1cc(OC)cc(N(CC#Cc2cncn2C)c2ccc3ncc(-c4cnn(C)c4)nc3c2)c1.COc1cc(OC)cc(N(CC(O)CN2CCC(F)(F)C2)c2ccc3ncc(-c4cnn(C)c4)nc3c2)c1. The lowest BCUT2D eigenvalue weighted by Crippen LogP contribution is -2.39. The van der Waals surface area contributed by atoms with Gasteiger partial charge in [-0.05, 0) is 91.6 Å². The molecule has 0 bridgehead atoms. The zero-order chi connectivity index (χ0) is 97.6. The third-order valence-electron chi connectivity index (χ3n) is 22.9. The molecule has 0 amide bonds. The van der Waals surface area contributed by atoms with Crippen molar-refractivity contribution < 1.29 is 62.0 Å². The topological polar surface area (TPSA) is 343 Å². The summed E-state index contributed by atoms with van der Waals surface area (Å²) in [5, 5.41) is 46.2. The maximum Gasteiger partial charge on any atom is 0.261 e. The molecule has 0 aliphatic carbocycles. The van der Waals surface area contributed by atoms with Gasteiger partial charge in [-0.15, -0.1) is 0 Å². The number of hydrogen-bond donors (Lipinski definition) is 3. The van der Waals surface area contributed by atoms with Gasteiger partial charge in [0.1, 0.15) is 58.3 Å². The van der Waals surface area contributed by atoms with Gasteiger partial charge in [-0.1, -0.05) is 26.2 Å². The lowest BCUT2D eigenvalue weighted by molar-refractivity contribution is 0.00794. The molecule has 1 fully saturated rings. The van der Waals surface area contributed by atoms with E-state index in [0.29, 0.717) is 70.0 Å². The van der Waals surface area contributed by atoms with Gasteiger partial charge in [-0.25, -0.2) is 33.7 Å². The van der Waals surface area contributed by atoms with Gasteiger partial charge in [-0.3, -0.25) is 43.6 Å². The van der Waals surface area contributed by atoms with Gasteiger partial charge in [0.15, 0.2) is 0 Å². The highest BCUT2D eigenvalue weighted by Gasteiger charge is 2.39. The fourth-order valence-electron chi connectivity index (χ4n) is 15.8. The van der Waals surface area contributed by atoms with Crippen LogP contribution in [0, 0.1) is 11.8 Å². The number of unbranched alkanes of at least 4 members (excludes halogenated alkanes) is 1. The summed E-state index contributed by atoms with van der Waals surface area (Å²) in [6, 6.07) is 46.7. The van der Waals surface area contributed by atoms with Crippen LogP contribution in [-0.2, 0) is 34.7 Å². The minimum absolute atomic E-state index is 0.0382. The molecule has 1 unspecified atom stereocenters. The Labute approximate surface area is 803 Å². The highest BCUT2D eigenvalue weighted by molar-refractivity contribution is 5.87. The van der Waals surface area contributed by atoms with Gasteiger partial charge in [0.25, 0.3) is 5.92 Å². The number of methoxy groups -OCH3 is 7. The number of halogens is 2. The van der Waals surface area contributed by atoms with Crippen molar-refractivity contribution in [3.8, 4) is 103 Å². The van der Waals surface area contributed by atoms with E-state index in [1.54, 1.807) is 142 Å². The van der Waals surface area contributed by atoms with Crippen LogP contribution in [-0.4, -0.2) is 236 Å². The van der Waals surface area contributed by atoms with E-state index in [-0.39, 0.29) is 52.4 Å². The normalized spacial score (nSPS) is 12.3. The molecule has 1 aliphatic rings. The minimum Gasteiger partial charge on any atom is -0.497 e. The molecule has 0 radical (unpaired) electrons. The van der Waals surface area contributed by atoms with Gasteiger partial charge < -0.3 is 77.4 Å². The van der Waals surface area contributed by atoms with E-state index in [1.165, 1.54) is 0 Å². The molecule has 718 valence electrons. The Balaban J connectivity index is 0.000000141. The summed E-state index contributed by atoms with van der Waals surface area (Å²) in [6.07, 6.45) is 27.1. The average molecular weight is 1890 g/mol. The molecule has 0 spiro atoms. The number of likely N-dealkylation sites (tertiary alicyclic amines) is 1. The van der Waals surface area contributed by atoms with Crippen molar-refractivity contribution in [2.45, 2.75) is 58.1 Å². The molecule has 3 N–H and O–H groups in total. The molecule has 1 saturated heterocycles. The lowest BCUT2D eigenvalue weighted by atomic mass is 10.1. The van der Waals surface area contributed by atoms with Crippen LogP contribution in [0.5, 0.6) is 46.0 Å². The summed E-state index contributed by atoms with van der Waals surface area (Å²) in [5.74, 6) is 9.12. The Hall–Kier alpha value is -16.0. The van der Waals surface area contributed by atoms with Crippen molar-refractivity contribution in [3.63, 3.8) is 0 Å². The fourth-order valence-corrected chi connectivity index (χ4v) is 15.8. The summed E-state index contributed by atoms with van der Waals surface area (Å²) in [7, 11) is 18.9. The molecule has 36 heteroatoms. The van der Waals surface area contributed by atoms with Crippen molar-refractivity contribution in [3.05, 3.63) is 238 Å². The maximum absolute atomic E-state index is 13.7. The highest BCUT2D eigenvalue weighted by Crippen LogP contribution is 2.41. The van der Waals surface area contributed by atoms with E-state index < -0.39 is 12.0 Å². The second-order valence-electron chi connectivity index (χ2n) is 32.8. The van der Waals surface area contributed by atoms with Crippen LogP contribution in [0.15, 0.2) is 232 Å². The van der Waals surface area contributed by atoms with Crippen molar-refractivity contribution in [1.82, 2.24) is 93.4 Å². The molecule has 0 saturated carbocycles. The van der Waals surface area contributed by atoms with Crippen LogP contribution < -0.4 is 57.5 Å². The van der Waals surface area contributed by atoms with Crippen LogP contribution in [0.25, 0.3) is 89.2 Å². The minimum atomic E-state index is -2.72. The molecular formula is C103H111F2N23O11. The number of nitrogens with zero attached hydrogens (tertiary/aromatic N) is 23. The van der Waals surface area contributed by atoms with Crippen molar-refractivity contribution in [1.29, 1.82) is 0 Å². The molecular weight excluding hydrogens is 1770 g/mol. The standard InChI is InChI=1S/C27H30F2N6O3.C27H25N7O2.C25H29N5O3.C24H27N5O3/c1-33-14-18(12-31-33)26-13-30-24-5-4-19(10-25(24)32-26)35(20-8-22(37-2)11-23(9-20)38-3)16-21(36)15-34-7-6-27(28,29)17-34;1-32-18-28-15-21(32)6-5-9-34(22-10-23(35-3)13-24(11-22)36-4)20-7-8-25-26(12-20)31-27(16-29-25)19-14-30-33(2)17-19;1-4-5-8-30(20-11-21(32-2)14-22(12-20)33-3)19-6-7-23-24(13-19)28-25(16-26-23)18-15-27-29(17-18)9-10-31;1-4-7-29(19-10-20(31-3)13-21(11-19)32-9-8-30)18-5-6-22-23(12-18)27-24(15-25-22)17-14-26-28(2)16-17/h4-5,8-14,21,36H,6-7,15-17H2,1-3H3;7-8,10-18H,9H2,1-4H3;6-7,11-17,31H,4-5,8-10H2,1-3H3;5-6,10-16,30H,4,7-9H2,1-3H3. The number of aliphatic hydroxyl groups excluding tert-OH is 3. The molecule has 9 aromatic heterocycles. The van der Waals surface area contributed by atoms with Crippen molar-refractivity contribution in [2.24, 2.45) is 28.2 Å². The first-order chi connectivity index (χ1) is 67.5. The molecule has 34 nitrogen and oxygen atoms in total. The summed E-state index contributed by atoms with van der Waals surface area (Å²) in [5.41, 5.74) is 20.8. The van der Waals surface area contributed by atoms with Crippen LogP contribution >= 0.6 is 0 Å². The molecule has 18 rings (SSSR count). The van der Waals surface area contributed by atoms with E-state index >= 15 is 0 Å². The summed E-state index contributed by atoms with van der Waals surface area (Å²) >= 11 is 0. The van der Waals surface area contributed by atoms with Crippen LogP contribution in [0.4, 0.5) is 54.3 Å². The second-order valence-corrected chi connectivity index (χ2v) is 32.8. The molecule has 139 heavy (non-hydrogen) atoms. The summed E-state index contributed by atoms with van der Waals surface area (Å²) in [4.78, 5) is 51.8. The number of hydrogen-bond acceptors (Lipinski definition) is 29. The zero-order valence-electron chi connectivity index (χ0n) is 79.8. The van der Waals surface area contributed by atoms with Gasteiger partial charge in [0, 0.05) is 226 Å². The first-order valence-electron chi connectivity index (χ1n) is 45.2. The Kier molecular flexibility index (Phi) is 32.0. The first-order valence-corrected chi connectivity index (χ1v) is 45.2. The van der Waals surface area contributed by atoms with Crippen LogP contribution in [0.2, 0.25) is 0 Å². The monoisotopic (exact) mass is 1880 g/mol. The Morgan fingerprint density at radius 1 is 0.417 bits per heavy atom. The smallest absolute Gasteiger partial charge is 0.261 e. The van der Waals surface area contributed by atoms with Crippen LogP contribution in [0.3, 0.4) is 0 Å². The molecule has 8 aromatic carbocycles. The number of alkyl halides is 2. The third kappa shape index (κ3) is 24.7. The summed E-state index contributed by atoms with van der Waals surface area (Å²) in [6.45, 7) is 7.23. The molecule has 1 atom stereocenters. The quantitative estimate of drug-likeness (QED) is 0.0315. The Bertz CT molecular complexity index is 7050. The van der Waals surface area contributed by atoms with Gasteiger partial charge in [-0.2, -0.15) is 20.4 Å². The van der Waals surface area contributed by atoms with Crippen LogP contribution in [0.1, 0.15) is 45.2 Å². The third-order valence-corrected chi connectivity index (χ3v) is 22.9. The molecule has 17 aromatic rings. The number of aryl methyl sites for hydroxylation is 4. The van der Waals surface area contributed by atoms with Crippen molar-refractivity contribution in [2.75, 3.05) is 135 Å². The number of aromatic nitrogens is 18. The van der Waals surface area contributed by atoms with Crippen molar-refractivity contribution >= 4 is 89.6 Å². The number of aliphatic hydroxyl groups is 3. The molecule has 10 heterocycles. The number of anilines is 8. The average Bonchev–Trinajstić information content (AvgIpc) is 1.64. The fraction of sp³-hybridized carbons (Fsp3) is 0.291. The number of benzene rings is 8.